The smallest absolute Gasteiger partial charge is 0.165 e. The van der Waals surface area contributed by atoms with E-state index in [1.807, 2.05) is 0 Å². The van der Waals surface area contributed by atoms with Crippen LogP contribution in [0, 0.1) is 0 Å². The summed E-state index contributed by atoms with van der Waals surface area (Å²) in [5.74, 6) is 10.4. The van der Waals surface area contributed by atoms with Gasteiger partial charge in [-0.05, 0) is 0 Å². The van der Waals surface area contributed by atoms with Gasteiger partial charge in [-0.15, -0.1) is 0 Å². The summed E-state index contributed by atoms with van der Waals surface area (Å²) in [5.41, 5.74) is 0. The first-order valence-corrected chi connectivity index (χ1v) is 1.65. The van der Waals surface area contributed by atoms with E-state index in [0.717, 1.165) is 13.1 Å². The fraction of sp³-hybridized carbons (Fsp3) is 1.00. The van der Waals surface area contributed by atoms with Gasteiger partial charge >= 0.3 is 0 Å². The van der Waals surface area contributed by atoms with Crippen molar-refractivity contribution in [3.63, 3.8) is 0 Å². The normalized spacial score (nSPS) is 30.0. The standard InChI is InChI=1S/C2H8N3/c3-5(4)1-2-5/h1-4H2/q+1. The molecule has 0 amide bonds. The lowest BCUT2D eigenvalue weighted by Gasteiger charge is -1.94. The van der Waals surface area contributed by atoms with E-state index < -0.39 is 0 Å². The van der Waals surface area contributed by atoms with Crippen LogP contribution in [0.4, 0.5) is 0 Å². The fourth-order valence-electron chi connectivity index (χ4n) is 0.115. The van der Waals surface area contributed by atoms with Crippen LogP contribution in [0.15, 0.2) is 0 Å². The Labute approximate surface area is 30.7 Å². The van der Waals surface area contributed by atoms with E-state index in [9.17, 15) is 0 Å². The molecule has 1 aliphatic rings. The molecule has 30 valence electrons. The molecule has 0 spiro atoms. The zero-order chi connectivity index (χ0) is 3.91. The average molecular weight is 74.1 g/mol. The van der Waals surface area contributed by atoms with Crippen molar-refractivity contribution in [3.8, 4) is 0 Å². The summed E-state index contributed by atoms with van der Waals surface area (Å²) in [6, 6.07) is 0. The van der Waals surface area contributed by atoms with Crippen molar-refractivity contribution in [1.82, 2.24) is 0 Å². The lowest BCUT2D eigenvalue weighted by atomic mass is 11.0. The van der Waals surface area contributed by atoms with Gasteiger partial charge in [0.25, 0.3) is 0 Å². The number of quaternary nitrogens is 1. The van der Waals surface area contributed by atoms with Gasteiger partial charge in [-0.1, -0.05) is 0 Å². The first kappa shape index (κ1) is 3.08. The van der Waals surface area contributed by atoms with E-state index in [2.05, 4.69) is 0 Å². The molecule has 1 heterocycles. The van der Waals surface area contributed by atoms with Crippen LogP contribution in [-0.2, 0) is 0 Å². The molecule has 0 saturated carbocycles. The first-order chi connectivity index (χ1) is 2.21. The summed E-state index contributed by atoms with van der Waals surface area (Å²) in [4.78, 5) is 0. The number of hydrogen-bond donors (Lipinski definition) is 2. The Morgan fingerprint density at radius 2 is 1.40 bits per heavy atom. The first-order valence-electron chi connectivity index (χ1n) is 1.65. The molecule has 0 radical (unpaired) electrons. The third-order valence-electron chi connectivity index (χ3n) is 0.740. The minimum absolute atomic E-state index is 0.250. The van der Waals surface area contributed by atoms with Gasteiger partial charge in [0.05, 0.1) is 0 Å². The molecule has 0 atom stereocenters. The van der Waals surface area contributed by atoms with E-state index in [4.69, 9.17) is 11.7 Å². The highest BCUT2D eigenvalue weighted by atomic mass is 15.8. The molecule has 3 nitrogen and oxygen atoms in total. The van der Waals surface area contributed by atoms with Crippen LogP contribution < -0.4 is 11.7 Å². The predicted octanol–water partition coefficient (Wildman–Crippen LogP) is -1.44. The quantitative estimate of drug-likeness (QED) is 0.210. The van der Waals surface area contributed by atoms with E-state index in [1.54, 1.807) is 0 Å². The molecule has 0 aromatic carbocycles. The molecule has 0 aliphatic carbocycles. The topological polar surface area (TPSA) is 52.0 Å². The van der Waals surface area contributed by atoms with E-state index >= 15 is 0 Å². The molecule has 4 N–H and O–H groups in total. The van der Waals surface area contributed by atoms with Crippen LogP contribution in [-0.4, -0.2) is 17.8 Å². The van der Waals surface area contributed by atoms with Gasteiger partial charge in [-0.2, -0.15) is 16.4 Å². The Bertz CT molecular complexity index is 42.9. The number of nitrogens with zero attached hydrogens (tertiary/aromatic N) is 1. The highest BCUT2D eigenvalue weighted by Crippen LogP contribution is 2.00. The SMILES string of the molecule is N[N+]1(N)CC1. The molecule has 1 aliphatic heterocycles. The second kappa shape index (κ2) is 0.518. The lowest BCUT2D eigenvalue weighted by Crippen LogP contribution is -2.40. The maximum absolute atomic E-state index is 5.18. The molecule has 3 heteroatoms. The Kier molecular flexibility index (Phi) is 0.320. The number of hydrogen-bond acceptors (Lipinski definition) is 2. The molecular formula is C2H8N3+. The van der Waals surface area contributed by atoms with E-state index in [1.165, 1.54) is 0 Å². The molecule has 1 rings (SSSR count). The number of rotatable bonds is 0. The van der Waals surface area contributed by atoms with Crippen molar-refractivity contribution in [1.29, 1.82) is 0 Å². The highest BCUT2D eigenvalue weighted by Gasteiger charge is 2.34. The van der Waals surface area contributed by atoms with Gasteiger partial charge < -0.3 is 0 Å². The molecule has 5 heavy (non-hydrogen) atoms. The van der Waals surface area contributed by atoms with Crippen LogP contribution in [0.3, 0.4) is 0 Å². The summed E-state index contributed by atoms with van der Waals surface area (Å²) >= 11 is 0. The van der Waals surface area contributed by atoms with Gasteiger partial charge in [0.2, 0.25) is 0 Å². The molecular weight excluding hydrogens is 66.0 g/mol. The second-order valence-electron chi connectivity index (χ2n) is 1.55. The maximum Gasteiger partial charge on any atom is 0.167 e. The van der Waals surface area contributed by atoms with Crippen LogP contribution in [0.1, 0.15) is 0 Å². The minimum Gasteiger partial charge on any atom is -0.165 e. The third-order valence-corrected chi connectivity index (χ3v) is 0.740. The van der Waals surface area contributed by atoms with E-state index in [-0.39, 0.29) is 4.70 Å². The van der Waals surface area contributed by atoms with Crippen molar-refractivity contribution < 1.29 is 4.70 Å². The van der Waals surface area contributed by atoms with Crippen molar-refractivity contribution in [2.45, 2.75) is 0 Å². The third kappa shape index (κ3) is 0.576. The van der Waals surface area contributed by atoms with Crippen molar-refractivity contribution in [2.75, 3.05) is 13.1 Å². The molecule has 0 bridgehead atoms. The number of nitrogens with two attached hydrogens (primary N) is 2. The summed E-state index contributed by atoms with van der Waals surface area (Å²) in [7, 11) is 0. The Morgan fingerprint density at radius 1 is 1.20 bits per heavy atom. The van der Waals surface area contributed by atoms with Gasteiger partial charge in [-0.25, -0.2) is 0 Å². The Morgan fingerprint density at radius 3 is 1.40 bits per heavy atom. The average Bonchev–Trinajstić information content (AvgIpc) is 1.76. The Balaban J connectivity index is 2.38. The molecule has 1 saturated heterocycles. The largest absolute Gasteiger partial charge is 0.167 e. The van der Waals surface area contributed by atoms with Crippen LogP contribution in [0.2, 0.25) is 0 Å². The van der Waals surface area contributed by atoms with Gasteiger partial charge in [-0.3, -0.25) is 0 Å². The van der Waals surface area contributed by atoms with Gasteiger partial charge in [0, 0.05) is 0 Å². The van der Waals surface area contributed by atoms with Gasteiger partial charge in [0.1, 0.15) is 0 Å². The maximum atomic E-state index is 5.18. The molecule has 0 unspecified atom stereocenters. The zero-order valence-electron chi connectivity index (χ0n) is 3.02. The lowest BCUT2D eigenvalue weighted by molar-refractivity contribution is -0.824. The summed E-state index contributed by atoms with van der Waals surface area (Å²) in [6.07, 6.45) is 0. The summed E-state index contributed by atoms with van der Waals surface area (Å²) < 4.78 is 0.250. The highest BCUT2D eigenvalue weighted by molar-refractivity contribution is 4.38. The zero-order valence-corrected chi connectivity index (χ0v) is 3.02. The molecule has 1 fully saturated rings. The fourth-order valence-corrected chi connectivity index (χ4v) is 0.115. The van der Waals surface area contributed by atoms with Crippen LogP contribution >= 0.6 is 0 Å². The molecule has 0 aromatic heterocycles. The monoisotopic (exact) mass is 74.1 g/mol. The van der Waals surface area contributed by atoms with Crippen molar-refractivity contribution in [3.05, 3.63) is 0 Å². The van der Waals surface area contributed by atoms with Crippen LogP contribution in [0.25, 0.3) is 0 Å². The minimum atomic E-state index is 0.250. The van der Waals surface area contributed by atoms with E-state index in [0.29, 0.717) is 0 Å². The summed E-state index contributed by atoms with van der Waals surface area (Å²) in [6.45, 7) is 1.89. The molecule has 0 aromatic rings. The van der Waals surface area contributed by atoms with Crippen molar-refractivity contribution in [2.24, 2.45) is 11.7 Å². The summed E-state index contributed by atoms with van der Waals surface area (Å²) in [5, 5.41) is 0. The van der Waals surface area contributed by atoms with Gasteiger partial charge in [0.15, 0.2) is 13.1 Å². The van der Waals surface area contributed by atoms with Crippen molar-refractivity contribution >= 4 is 0 Å². The predicted molar refractivity (Wildman–Crippen MR) is 18.4 cm³/mol. The van der Waals surface area contributed by atoms with Crippen LogP contribution in [0.5, 0.6) is 0 Å². The second-order valence-corrected chi connectivity index (χ2v) is 1.55. The Hall–Kier alpha value is -0.120.